The zero-order chi connectivity index (χ0) is 16.0. The number of rotatable bonds is 7. The van der Waals surface area contributed by atoms with Crippen LogP contribution in [-0.2, 0) is 10.0 Å². The van der Waals surface area contributed by atoms with Crippen LogP contribution in [0.5, 0.6) is 0 Å². The van der Waals surface area contributed by atoms with E-state index >= 15 is 0 Å². The van der Waals surface area contributed by atoms with Gasteiger partial charge in [-0.2, -0.15) is 0 Å². The van der Waals surface area contributed by atoms with E-state index < -0.39 is 10.0 Å². The molecule has 0 aliphatic carbocycles. The molecule has 1 amide bonds. The molecule has 21 heavy (non-hydrogen) atoms. The minimum Gasteiger partial charge on any atom is -0.350 e. The van der Waals surface area contributed by atoms with E-state index in [1.54, 1.807) is 19.2 Å². The summed E-state index contributed by atoms with van der Waals surface area (Å²) in [4.78, 5) is 12.2. The first kappa shape index (κ1) is 17.7. The first-order valence-electron chi connectivity index (χ1n) is 7.20. The van der Waals surface area contributed by atoms with E-state index in [1.165, 1.54) is 16.4 Å². The van der Waals surface area contributed by atoms with Crippen LogP contribution in [0, 0.1) is 0 Å². The maximum absolute atomic E-state index is 12.4. The van der Waals surface area contributed by atoms with Crippen LogP contribution in [0.2, 0.25) is 0 Å². The monoisotopic (exact) mass is 312 g/mol. The third-order valence-corrected chi connectivity index (χ3v) is 5.19. The molecule has 1 rings (SSSR count). The first-order valence-corrected chi connectivity index (χ1v) is 8.64. The number of nitrogens with zero attached hydrogens (tertiary/aromatic N) is 1. The van der Waals surface area contributed by atoms with E-state index in [9.17, 15) is 13.2 Å². The lowest BCUT2D eigenvalue weighted by atomic mass is 10.2. The third kappa shape index (κ3) is 4.54. The summed E-state index contributed by atoms with van der Waals surface area (Å²) in [5.74, 6) is -0.250. The molecule has 1 atom stereocenters. The van der Waals surface area contributed by atoms with E-state index in [-0.39, 0.29) is 16.8 Å². The van der Waals surface area contributed by atoms with Crippen molar-refractivity contribution in [3.05, 3.63) is 29.8 Å². The summed E-state index contributed by atoms with van der Waals surface area (Å²) in [6, 6.07) is 6.22. The fourth-order valence-electron chi connectivity index (χ4n) is 1.82. The topological polar surface area (TPSA) is 66.5 Å². The Hall–Kier alpha value is -1.40. The largest absolute Gasteiger partial charge is 0.350 e. The second-order valence-corrected chi connectivity index (χ2v) is 7.18. The van der Waals surface area contributed by atoms with Gasteiger partial charge in [-0.25, -0.2) is 12.7 Å². The predicted octanol–water partition coefficient (Wildman–Crippen LogP) is 2.25. The van der Waals surface area contributed by atoms with Gasteiger partial charge in [-0.15, -0.1) is 0 Å². The normalized spacial score (nSPS) is 13.2. The lowest BCUT2D eigenvalue weighted by Gasteiger charge is -2.17. The average Bonchev–Trinajstić information content (AvgIpc) is 2.47. The van der Waals surface area contributed by atoms with Crippen LogP contribution in [0.4, 0.5) is 0 Å². The second kappa shape index (κ2) is 7.56. The molecule has 0 unspecified atom stereocenters. The highest BCUT2D eigenvalue weighted by atomic mass is 32.2. The zero-order valence-corrected chi connectivity index (χ0v) is 13.9. The Balaban J connectivity index is 3.03. The Bertz CT molecular complexity index is 584. The Kier molecular flexibility index (Phi) is 6.36. The van der Waals surface area contributed by atoms with E-state index in [1.807, 2.05) is 20.8 Å². The van der Waals surface area contributed by atoms with Crippen LogP contribution in [0.25, 0.3) is 0 Å². The Labute approximate surface area is 127 Å². The number of carbonyl (C=O) groups excluding carboxylic acids is 1. The van der Waals surface area contributed by atoms with Crippen molar-refractivity contribution in [2.75, 3.05) is 13.6 Å². The van der Waals surface area contributed by atoms with Crippen molar-refractivity contribution in [1.29, 1.82) is 0 Å². The van der Waals surface area contributed by atoms with Gasteiger partial charge < -0.3 is 5.32 Å². The Morgan fingerprint density at radius 2 is 2.00 bits per heavy atom. The lowest BCUT2D eigenvalue weighted by molar-refractivity contribution is 0.0939. The van der Waals surface area contributed by atoms with Crippen LogP contribution >= 0.6 is 0 Å². The van der Waals surface area contributed by atoms with Crippen molar-refractivity contribution in [3.63, 3.8) is 0 Å². The molecule has 1 aromatic carbocycles. The molecule has 0 spiro atoms. The minimum absolute atomic E-state index is 0.0560. The van der Waals surface area contributed by atoms with Gasteiger partial charge in [-0.3, -0.25) is 4.79 Å². The molecule has 6 heteroatoms. The van der Waals surface area contributed by atoms with Gasteiger partial charge >= 0.3 is 0 Å². The summed E-state index contributed by atoms with van der Waals surface area (Å²) in [6.45, 7) is 6.26. The average molecular weight is 312 g/mol. The minimum atomic E-state index is -3.54. The molecule has 0 radical (unpaired) electrons. The number of amides is 1. The number of carbonyl (C=O) groups is 1. The highest BCUT2D eigenvalue weighted by Gasteiger charge is 2.21. The molecule has 0 saturated heterocycles. The van der Waals surface area contributed by atoms with E-state index in [4.69, 9.17) is 0 Å². The van der Waals surface area contributed by atoms with Crippen molar-refractivity contribution in [1.82, 2.24) is 9.62 Å². The van der Waals surface area contributed by atoms with Crippen LogP contribution in [0.3, 0.4) is 0 Å². The van der Waals surface area contributed by atoms with Gasteiger partial charge in [0.05, 0.1) is 4.90 Å². The highest BCUT2D eigenvalue weighted by Crippen LogP contribution is 2.16. The molecule has 0 bridgehead atoms. The van der Waals surface area contributed by atoms with Gasteiger partial charge in [0.1, 0.15) is 0 Å². The Morgan fingerprint density at radius 1 is 1.33 bits per heavy atom. The van der Waals surface area contributed by atoms with Gasteiger partial charge in [0.25, 0.3) is 5.91 Å². The lowest BCUT2D eigenvalue weighted by Crippen LogP contribution is -2.32. The molecule has 0 aromatic heterocycles. The number of sulfonamides is 1. The molecule has 0 fully saturated rings. The van der Waals surface area contributed by atoms with Crippen molar-refractivity contribution in [3.8, 4) is 0 Å². The van der Waals surface area contributed by atoms with Crippen LogP contribution < -0.4 is 5.32 Å². The van der Waals surface area contributed by atoms with Gasteiger partial charge in [0.15, 0.2) is 0 Å². The molecule has 5 nitrogen and oxygen atoms in total. The highest BCUT2D eigenvalue weighted by molar-refractivity contribution is 7.89. The standard InChI is InChI=1S/C15H24N2O3S/c1-5-10-17(4)21(19,20)14-9-7-8-13(11-14)15(18)16-12(3)6-2/h7-9,11-12H,5-6,10H2,1-4H3,(H,16,18)/t12-/m1/s1. The van der Waals surface area contributed by atoms with Crippen LogP contribution in [0.15, 0.2) is 29.2 Å². The third-order valence-electron chi connectivity index (χ3n) is 3.33. The number of nitrogens with one attached hydrogen (secondary N) is 1. The molecule has 0 heterocycles. The molecular weight excluding hydrogens is 288 g/mol. The van der Waals surface area contributed by atoms with Gasteiger partial charge in [-0.05, 0) is 38.0 Å². The fraction of sp³-hybridized carbons (Fsp3) is 0.533. The van der Waals surface area contributed by atoms with Crippen LogP contribution in [0.1, 0.15) is 44.0 Å². The van der Waals surface area contributed by atoms with Gasteiger partial charge in [0.2, 0.25) is 10.0 Å². The summed E-state index contributed by atoms with van der Waals surface area (Å²) in [7, 11) is -1.99. The number of benzene rings is 1. The number of hydrogen-bond donors (Lipinski definition) is 1. The summed E-state index contributed by atoms with van der Waals surface area (Å²) < 4.78 is 26.0. The van der Waals surface area contributed by atoms with Gasteiger partial charge in [0, 0.05) is 25.2 Å². The quantitative estimate of drug-likeness (QED) is 0.839. The summed E-state index contributed by atoms with van der Waals surface area (Å²) in [6.07, 6.45) is 1.56. The molecule has 0 aliphatic rings. The zero-order valence-electron chi connectivity index (χ0n) is 13.1. The fourth-order valence-corrected chi connectivity index (χ4v) is 3.13. The second-order valence-electron chi connectivity index (χ2n) is 5.14. The van der Waals surface area contributed by atoms with Gasteiger partial charge in [-0.1, -0.05) is 19.9 Å². The van der Waals surface area contributed by atoms with E-state index in [2.05, 4.69) is 5.32 Å². The van der Waals surface area contributed by atoms with E-state index in [0.29, 0.717) is 12.1 Å². The van der Waals surface area contributed by atoms with Crippen molar-refractivity contribution < 1.29 is 13.2 Å². The Morgan fingerprint density at radius 3 is 2.57 bits per heavy atom. The maximum Gasteiger partial charge on any atom is 0.251 e. The summed E-state index contributed by atoms with van der Waals surface area (Å²) >= 11 is 0. The SMILES string of the molecule is CCCN(C)S(=O)(=O)c1cccc(C(=O)N[C@H](C)CC)c1. The van der Waals surface area contributed by atoms with Crippen molar-refractivity contribution in [2.24, 2.45) is 0 Å². The molecule has 0 aliphatic heterocycles. The first-order chi connectivity index (χ1) is 9.82. The summed E-state index contributed by atoms with van der Waals surface area (Å²) in [5.41, 5.74) is 0.362. The van der Waals surface area contributed by atoms with Crippen LogP contribution in [-0.4, -0.2) is 38.3 Å². The molecule has 1 N–H and O–H groups in total. The van der Waals surface area contributed by atoms with Crippen molar-refractivity contribution in [2.45, 2.75) is 44.6 Å². The molecular formula is C15H24N2O3S. The molecule has 118 valence electrons. The maximum atomic E-state index is 12.4. The summed E-state index contributed by atoms with van der Waals surface area (Å²) in [5, 5.41) is 2.83. The molecule has 1 aromatic rings. The smallest absolute Gasteiger partial charge is 0.251 e. The predicted molar refractivity (Wildman–Crippen MR) is 83.8 cm³/mol. The van der Waals surface area contributed by atoms with Crippen molar-refractivity contribution >= 4 is 15.9 Å². The number of hydrogen-bond acceptors (Lipinski definition) is 3. The molecule has 0 saturated carbocycles. The van der Waals surface area contributed by atoms with E-state index in [0.717, 1.165) is 12.8 Å².